The number of benzene rings is 1. The number of aryl methyl sites for hydroxylation is 1. The molecule has 2 aromatic rings. The van der Waals surface area contributed by atoms with Gasteiger partial charge >= 0.3 is 0 Å². The molecule has 1 saturated heterocycles. The van der Waals surface area contributed by atoms with Crippen LogP contribution < -0.4 is 5.32 Å². The van der Waals surface area contributed by atoms with Gasteiger partial charge in [0.1, 0.15) is 5.82 Å². The van der Waals surface area contributed by atoms with E-state index < -0.39 is 0 Å². The Bertz CT molecular complexity index is 865. The summed E-state index contributed by atoms with van der Waals surface area (Å²) >= 11 is 1.57. The van der Waals surface area contributed by atoms with Gasteiger partial charge in [-0.3, -0.25) is 9.59 Å². The molecule has 0 spiro atoms. The van der Waals surface area contributed by atoms with E-state index in [9.17, 15) is 14.0 Å². The van der Waals surface area contributed by atoms with E-state index in [1.165, 1.54) is 6.07 Å². The van der Waals surface area contributed by atoms with E-state index in [1.807, 2.05) is 19.2 Å². The summed E-state index contributed by atoms with van der Waals surface area (Å²) in [6.07, 6.45) is 1.86. The van der Waals surface area contributed by atoms with Gasteiger partial charge in [0.2, 0.25) is 5.91 Å². The van der Waals surface area contributed by atoms with Crippen LogP contribution in [0.15, 0.2) is 23.6 Å². The van der Waals surface area contributed by atoms with Gasteiger partial charge in [-0.25, -0.2) is 9.37 Å². The lowest BCUT2D eigenvalue weighted by atomic mass is 9.98. The monoisotopic (exact) mass is 403 g/mol. The molecule has 1 aromatic carbocycles. The second-order valence-electron chi connectivity index (χ2n) is 7.60. The van der Waals surface area contributed by atoms with Crippen molar-refractivity contribution in [1.82, 2.24) is 15.2 Å². The highest BCUT2D eigenvalue weighted by Crippen LogP contribution is 2.30. The molecule has 1 fully saturated rings. The van der Waals surface area contributed by atoms with Gasteiger partial charge in [0.15, 0.2) is 0 Å². The third-order valence-electron chi connectivity index (χ3n) is 5.01. The highest BCUT2D eigenvalue weighted by Gasteiger charge is 2.27. The second-order valence-corrected chi connectivity index (χ2v) is 8.49. The fourth-order valence-electron chi connectivity index (χ4n) is 3.24. The summed E-state index contributed by atoms with van der Waals surface area (Å²) in [5.41, 5.74) is 1.77. The Hall–Kier alpha value is -2.28. The van der Waals surface area contributed by atoms with Crippen molar-refractivity contribution in [1.29, 1.82) is 0 Å². The maximum atomic E-state index is 13.8. The highest BCUT2D eigenvalue weighted by atomic mass is 32.1. The molecule has 1 aliphatic heterocycles. The number of hydrogen-bond acceptors (Lipinski definition) is 4. The first kappa shape index (κ1) is 20.5. The lowest BCUT2D eigenvalue weighted by molar-refractivity contribution is -0.124. The van der Waals surface area contributed by atoms with Crippen LogP contribution >= 0.6 is 11.3 Å². The van der Waals surface area contributed by atoms with Crippen molar-refractivity contribution in [3.8, 4) is 0 Å². The van der Waals surface area contributed by atoms with E-state index in [0.717, 1.165) is 23.5 Å². The zero-order chi connectivity index (χ0) is 20.3. The molecule has 0 saturated carbocycles. The third kappa shape index (κ3) is 4.76. The number of carbonyl (C=O) groups excluding carboxylic acids is 2. The van der Waals surface area contributed by atoms with Gasteiger partial charge < -0.3 is 10.2 Å². The standard InChI is InChI=1S/C21H26FN3O2S/c1-13(2)19(26)23-10-17-12-28-20(24-17)16-5-4-8-25(11-16)21(27)15-7-6-14(3)18(22)9-15/h6-7,9,12-13,16H,4-5,8,10-11H2,1-3H3,(H,23,26)/t16-/m0/s1. The average Bonchev–Trinajstić information content (AvgIpc) is 3.16. The van der Waals surface area contributed by atoms with Gasteiger partial charge in [0, 0.05) is 35.9 Å². The summed E-state index contributed by atoms with van der Waals surface area (Å²) < 4.78 is 13.8. The van der Waals surface area contributed by atoms with Crippen molar-refractivity contribution < 1.29 is 14.0 Å². The molecule has 2 amide bonds. The number of rotatable bonds is 5. The minimum atomic E-state index is -0.354. The molecule has 0 bridgehead atoms. The van der Waals surface area contributed by atoms with E-state index in [-0.39, 0.29) is 29.5 Å². The first-order valence-corrected chi connectivity index (χ1v) is 10.5. The van der Waals surface area contributed by atoms with Gasteiger partial charge in [0.25, 0.3) is 5.91 Å². The van der Waals surface area contributed by atoms with Crippen LogP contribution in [0.5, 0.6) is 0 Å². The number of nitrogens with zero attached hydrogens (tertiary/aromatic N) is 2. The zero-order valence-electron chi connectivity index (χ0n) is 16.5. The maximum absolute atomic E-state index is 13.8. The molecule has 1 N–H and O–H groups in total. The minimum Gasteiger partial charge on any atom is -0.350 e. The molecular weight excluding hydrogens is 377 g/mol. The predicted octanol–water partition coefficient (Wildman–Crippen LogP) is 3.88. The Morgan fingerprint density at radius 3 is 2.89 bits per heavy atom. The van der Waals surface area contributed by atoms with Crippen LogP contribution in [0.3, 0.4) is 0 Å². The number of amides is 2. The summed E-state index contributed by atoms with van der Waals surface area (Å²) in [4.78, 5) is 31.0. The molecule has 0 unspecified atom stereocenters. The maximum Gasteiger partial charge on any atom is 0.253 e. The predicted molar refractivity (Wildman–Crippen MR) is 108 cm³/mol. The summed E-state index contributed by atoms with van der Waals surface area (Å²) in [5, 5.41) is 5.83. The van der Waals surface area contributed by atoms with Crippen LogP contribution in [0, 0.1) is 18.7 Å². The molecule has 3 rings (SSSR count). The van der Waals surface area contributed by atoms with Crippen molar-refractivity contribution in [2.45, 2.75) is 46.1 Å². The number of aromatic nitrogens is 1. The zero-order valence-corrected chi connectivity index (χ0v) is 17.3. The van der Waals surface area contributed by atoms with Crippen LogP contribution in [0.4, 0.5) is 4.39 Å². The van der Waals surface area contributed by atoms with E-state index in [0.29, 0.717) is 30.8 Å². The summed E-state index contributed by atoms with van der Waals surface area (Å²) in [6.45, 7) is 7.08. The number of nitrogens with one attached hydrogen (secondary N) is 1. The van der Waals surface area contributed by atoms with Crippen LogP contribution in [-0.2, 0) is 11.3 Å². The number of likely N-dealkylation sites (tertiary alicyclic amines) is 1. The first-order valence-electron chi connectivity index (χ1n) is 9.62. The normalized spacial score (nSPS) is 17.0. The van der Waals surface area contributed by atoms with Gasteiger partial charge in [-0.05, 0) is 37.5 Å². The summed E-state index contributed by atoms with van der Waals surface area (Å²) in [5.74, 6) is -0.360. The van der Waals surface area contributed by atoms with Crippen molar-refractivity contribution >= 4 is 23.2 Å². The molecule has 5 nitrogen and oxygen atoms in total. The van der Waals surface area contributed by atoms with Gasteiger partial charge in [-0.15, -0.1) is 11.3 Å². The average molecular weight is 404 g/mol. The molecule has 1 aliphatic rings. The Kier molecular flexibility index (Phi) is 6.44. The van der Waals surface area contributed by atoms with Gasteiger partial charge in [0.05, 0.1) is 17.2 Å². The van der Waals surface area contributed by atoms with Crippen molar-refractivity contribution in [2.75, 3.05) is 13.1 Å². The Morgan fingerprint density at radius 1 is 1.39 bits per heavy atom. The van der Waals surface area contributed by atoms with E-state index in [2.05, 4.69) is 10.3 Å². The van der Waals surface area contributed by atoms with Crippen molar-refractivity contribution in [3.63, 3.8) is 0 Å². The van der Waals surface area contributed by atoms with Crippen LogP contribution in [0.1, 0.15) is 59.2 Å². The Labute approximate surface area is 169 Å². The highest BCUT2D eigenvalue weighted by molar-refractivity contribution is 7.09. The SMILES string of the molecule is Cc1ccc(C(=O)N2CCC[C@H](c3nc(CNC(=O)C(C)C)cs3)C2)cc1F. The Balaban J connectivity index is 1.64. The third-order valence-corrected chi connectivity index (χ3v) is 6.07. The van der Waals surface area contributed by atoms with Crippen LogP contribution in [0.2, 0.25) is 0 Å². The Morgan fingerprint density at radius 2 is 2.18 bits per heavy atom. The molecule has 1 aromatic heterocycles. The molecular formula is C21H26FN3O2S. The molecule has 28 heavy (non-hydrogen) atoms. The number of thiazole rings is 1. The van der Waals surface area contributed by atoms with Crippen molar-refractivity contribution in [3.05, 3.63) is 51.2 Å². The number of carbonyl (C=O) groups is 2. The minimum absolute atomic E-state index is 0.00863. The molecule has 0 aliphatic carbocycles. The largest absolute Gasteiger partial charge is 0.350 e. The number of halogens is 1. The molecule has 150 valence electrons. The van der Waals surface area contributed by atoms with E-state index in [4.69, 9.17) is 0 Å². The molecule has 0 radical (unpaired) electrons. The number of piperidine rings is 1. The van der Waals surface area contributed by atoms with Gasteiger partial charge in [-0.2, -0.15) is 0 Å². The summed E-state index contributed by atoms with van der Waals surface area (Å²) in [7, 11) is 0. The molecule has 2 heterocycles. The second kappa shape index (κ2) is 8.82. The van der Waals surface area contributed by atoms with Gasteiger partial charge in [-0.1, -0.05) is 19.9 Å². The topological polar surface area (TPSA) is 62.3 Å². The van der Waals surface area contributed by atoms with Crippen LogP contribution in [-0.4, -0.2) is 34.8 Å². The molecule has 7 heteroatoms. The van der Waals surface area contributed by atoms with E-state index in [1.54, 1.807) is 35.3 Å². The fraction of sp³-hybridized carbons (Fsp3) is 0.476. The smallest absolute Gasteiger partial charge is 0.253 e. The lowest BCUT2D eigenvalue weighted by Crippen LogP contribution is -2.39. The number of hydrogen-bond donors (Lipinski definition) is 1. The molecule has 1 atom stereocenters. The quantitative estimate of drug-likeness (QED) is 0.824. The summed E-state index contributed by atoms with van der Waals surface area (Å²) in [6, 6.07) is 4.64. The first-order chi connectivity index (χ1) is 13.3. The van der Waals surface area contributed by atoms with Crippen molar-refractivity contribution in [2.24, 2.45) is 5.92 Å². The fourth-order valence-corrected chi connectivity index (χ4v) is 4.19. The lowest BCUT2D eigenvalue weighted by Gasteiger charge is -2.32. The van der Waals surface area contributed by atoms with Crippen LogP contribution in [0.25, 0.3) is 0 Å². The van der Waals surface area contributed by atoms with E-state index >= 15 is 0 Å².